The number of hydrogen-bond acceptors (Lipinski definition) is 1. The minimum atomic E-state index is -2.52. The normalized spacial score (nSPS) is 14.4. The van der Waals surface area contributed by atoms with Crippen molar-refractivity contribution in [2.45, 2.75) is 145 Å². The van der Waals surface area contributed by atoms with Crippen molar-refractivity contribution in [3.8, 4) is 0 Å². The summed E-state index contributed by atoms with van der Waals surface area (Å²) in [6.07, 6.45) is 23.6. The van der Waals surface area contributed by atoms with E-state index < -0.39 is 26.7 Å². The van der Waals surface area contributed by atoms with Gasteiger partial charge in [0, 0.05) is 0 Å². The summed E-state index contributed by atoms with van der Waals surface area (Å²) in [6, 6.07) is 0. The molecule has 1 unspecified atom stereocenters. The first kappa shape index (κ1) is 31.3. The van der Waals surface area contributed by atoms with E-state index in [1.54, 1.807) is 3.78 Å². The third-order valence-electron chi connectivity index (χ3n) is 6.46. The molecular weight excluding hydrogens is 499 g/mol. The molecule has 0 saturated heterocycles. The second-order valence-electron chi connectivity index (χ2n) is 10.7. The monoisotopic (exact) mass is 558 g/mol. The fraction of sp³-hybridized carbons (Fsp3) is 0.857. The predicted molar refractivity (Wildman–Crippen MR) is 149 cm³/mol. The van der Waals surface area contributed by atoms with Crippen LogP contribution < -0.4 is 0 Å². The van der Waals surface area contributed by atoms with Crippen LogP contribution in [0, 0.1) is 5.92 Å². The SMILES string of the molecule is CC=CC(C/C=[C](\O[Si](C)(C)C)[Sn]([CH2]CCC)([CH2]CCC)[CH2]CCC)CCCCCC. The molecule has 1 atom stereocenters. The van der Waals surface area contributed by atoms with E-state index in [1.165, 1.54) is 90.4 Å². The van der Waals surface area contributed by atoms with Crippen LogP contribution in [0.5, 0.6) is 0 Å². The molecule has 0 saturated carbocycles. The van der Waals surface area contributed by atoms with Gasteiger partial charge in [-0.25, -0.2) is 0 Å². The van der Waals surface area contributed by atoms with E-state index in [9.17, 15) is 0 Å². The molecule has 0 aromatic carbocycles. The molecule has 0 fully saturated rings. The maximum atomic E-state index is 7.04. The molecule has 0 aromatic rings. The van der Waals surface area contributed by atoms with Crippen molar-refractivity contribution in [3.63, 3.8) is 0 Å². The summed E-state index contributed by atoms with van der Waals surface area (Å²) in [5.41, 5.74) is 0. The molecule has 0 aliphatic carbocycles. The van der Waals surface area contributed by atoms with Crippen molar-refractivity contribution in [2.75, 3.05) is 0 Å². The topological polar surface area (TPSA) is 9.23 Å². The first-order valence-corrected chi connectivity index (χ1v) is 24.7. The molecule has 184 valence electrons. The second-order valence-corrected chi connectivity index (χ2v) is 28.2. The van der Waals surface area contributed by atoms with Gasteiger partial charge in [-0.05, 0) is 0 Å². The molecule has 0 amide bonds. The standard InChI is InChI=1S/C16H31OSi.3C4H9.Sn/c1-6-8-9-10-13-16(12-7-2)14-11-15-17-18(3,4)5;3*1-3-4-2;/h7,11-12,16H,6,8-10,13-14H2,1-5H3;3*1,3-4H2,2H3;. The number of rotatable bonds is 20. The van der Waals surface area contributed by atoms with Crippen LogP contribution in [0.2, 0.25) is 33.0 Å². The average Bonchev–Trinajstić information content (AvgIpc) is 2.73. The molecule has 0 radical (unpaired) electrons. The van der Waals surface area contributed by atoms with Crippen molar-refractivity contribution in [2.24, 2.45) is 5.92 Å². The van der Waals surface area contributed by atoms with Crippen molar-refractivity contribution >= 4 is 26.7 Å². The second kappa shape index (κ2) is 18.7. The summed E-state index contributed by atoms with van der Waals surface area (Å²) in [5, 5.41) is 0. The molecule has 0 aromatic heterocycles. The van der Waals surface area contributed by atoms with Crippen molar-refractivity contribution in [1.82, 2.24) is 0 Å². The number of unbranched alkanes of at least 4 members (excludes halogenated alkanes) is 6. The third kappa shape index (κ3) is 14.9. The van der Waals surface area contributed by atoms with Crippen LogP contribution in [0.25, 0.3) is 0 Å². The van der Waals surface area contributed by atoms with Gasteiger partial charge in [-0.15, -0.1) is 0 Å². The first-order chi connectivity index (χ1) is 14.8. The molecule has 31 heavy (non-hydrogen) atoms. The Bertz CT molecular complexity index is 456. The van der Waals surface area contributed by atoms with E-state index in [4.69, 9.17) is 4.43 Å². The van der Waals surface area contributed by atoms with E-state index in [2.05, 4.69) is 72.5 Å². The van der Waals surface area contributed by atoms with Crippen LogP contribution in [0.1, 0.15) is 112 Å². The fourth-order valence-electron chi connectivity index (χ4n) is 4.64. The van der Waals surface area contributed by atoms with Crippen LogP contribution >= 0.6 is 0 Å². The molecule has 0 heterocycles. The molecule has 0 spiro atoms. The third-order valence-corrected chi connectivity index (χ3v) is 23.0. The van der Waals surface area contributed by atoms with Crippen LogP contribution in [-0.2, 0) is 4.43 Å². The van der Waals surface area contributed by atoms with Gasteiger partial charge in [0.05, 0.1) is 0 Å². The van der Waals surface area contributed by atoms with E-state index in [1.807, 2.05) is 0 Å². The van der Waals surface area contributed by atoms with Gasteiger partial charge < -0.3 is 0 Å². The van der Waals surface area contributed by atoms with Gasteiger partial charge in [0.25, 0.3) is 0 Å². The van der Waals surface area contributed by atoms with Gasteiger partial charge in [0.2, 0.25) is 0 Å². The molecule has 0 N–H and O–H groups in total. The van der Waals surface area contributed by atoms with Gasteiger partial charge in [-0.2, -0.15) is 0 Å². The van der Waals surface area contributed by atoms with Crippen molar-refractivity contribution in [3.05, 3.63) is 22.0 Å². The van der Waals surface area contributed by atoms with Crippen molar-refractivity contribution in [1.29, 1.82) is 0 Å². The Morgan fingerprint density at radius 1 is 0.774 bits per heavy atom. The Hall–Kier alpha value is 0.296. The number of hydrogen-bond donors (Lipinski definition) is 0. The Balaban J connectivity index is 5.86. The predicted octanol–water partition coefficient (Wildman–Crippen LogP) is 10.7. The van der Waals surface area contributed by atoms with Gasteiger partial charge in [0.15, 0.2) is 0 Å². The molecule has 1 nitrogen and oxygen atoms in total. The Labute approximate surface area is 202 Å². The zero-order valence-electron chi connectivity index (χ0n) is 22.8. The van der Waals surface area contributed by atoms with E-state index in [-0.39, 0.29) is 0 Å². The molecule has 0 rings (SSSR count). The summed E-state index contributed by atoms with van der Waals surface area (Å²) in [4.78, 5) is 0. The summed E-state index contributed by atoms with van der Waals surface area (Å²) in [5.74, 6) is 0.689. The molecule has 3 heteroatoms. The van der Waals surface area contributed by atoms with Crippen molar-refractivity contribution < 1.29 is 4.43 Å². The van der Waals surface area contributed by atoms with E-state index >= 15 is 0 Å². The van der Waals surface area contributed by atoms with Gasteiger partial charge in [-0.3, -0.25) is 0 Å². The average molecular weight is 558 g/mol. The zero-order chi connectivity index (χ0) is 23.6. The summed E-state index contributed by atoms with van der Waals surface area (Å²) in [7, 11) is -1.61. The van der Waals surface area contributed by atoms with Crippen LogP contribution in [0.3, 0.4) is 0 Å². The molecule has 0 aliphatic rings. The van der Waals surface area contributed by atoms with Gasteiger partial charge in [0.1, 0.15) is 0 Å². The molecular formula is C28H58OSiSn. The molecule has 0 bridgehead atoms. The maximum absolute atomic E-state index is 7.04. The van der Waals surface area contributed by atoms with E-state index in [0.29, 0.717) is 5.92 Å². The van der Waals surface area contributed by atoms with Gasteiger partial charge in [-0.1, -0.05) is 0 Å². The Morgan fingerprint density at radius 3 is 1.71 bits per heavy atom. The molecule has 0 aliphatic heterocycles. The quantitative estimate of drug-likeness (QED) is 0.0626. The summed E-state index contributed by atoms with van der Waals surface area (Å²) < 4.78 is 13.1. The Kier molecular flexibility index (Phi) is 18.9. The summed E-state index contributed by atoms with van der Waals surface area (Å²) >= 11 is -2.52. The zero-order valence-corrected chi connectivity index (χ0v) is 26.7. The van der Waals surface area contributed by atoms with Crippen LogP contribution in [0.15, 0.2) is 22.0 Å². The van der Waals surface area contributed by atoms with Gasteiger partial charge >= 0.3 is 204 Å². The number of allylic oxidation sites excluding steroid dienone is 3. The summed E-state index contributed by atoms with van der Waals surface area (Å²) in [6.45, 7) is 18.8. The van der Waals surface area contributed by atoms with E-state index in [0.717, 1.165) is 0 Å². The van der Waals surface area contributed by atoms with Crippen LogP contribution in [-0.4, -0.2) is 26.7 Å². The van der Waals surface area contributed by atoms with Crippen LogP contribution in [0.4, 0.5) is 0 Å². The minimum absolute atomic E-state index is 0.689. The first-order valence-electron chi connectivity index (χ1n) is 13.8. The fourth-order valence-corrected chi connectivity index (χ4v) is 24.7. The Morgan fingerprint density at radius 2 is 1.29 bits per heavy atom.